The highest BCUT2D eigenvalue weighted by Gasteiger charge is 2.64. The van der Waals surface area contributed by atoms with Crippen molar-refractivity contribution in [3.8, 4) is 5.75 Å². The minimum atomic E-state index is -3.98. The Balaban J connectivity index is 1.12. The number of aryl methyl sites for hydroxylation is 2. The summed E-state index contributed by atoms with van der Waals surface area (Å²) in [4.78, 5) is 62.5. The normalized spacial score (nSPS) is 31.1. The molecule has 1 spiro atoms. The Morgan fingerprint density at radius 3 is 2.67 bits per heavy atom. The SMILES string of the molecule is Cc1nc2ccc(Cl)cc2c2c1O[C@]1(CC2)C[C@H]2C(=O)N[C@]3(C(=O)NS(=O)(=O)C4(C)CC4)C[C@H]3/C=C\CCCCC[C@H](NC(=O)OCC3CC3)C(=O)N2C1. The highest BCUT2D eigenvalue weighted by atomic mass is 35.5. The van der Waals surface area contributed by atoms with E-state index in [0.29, 0.717) is 67.3 Å². The Bertz CT molecular complexity index is 2050. The number of benzene rings is 1. The molecule has 4 heterocycles. The standard InChI is InChI=1S/C39H48ClN5O8S/c1-23-32-27(28-18-26(40)12-13-29(28)41-23)14-15-38(53-32)20-31-33(46)43-39(35(48)44-54(50,51)37(2)16-17-37)19-25(39)8-6-4-3-5-7-9-30(34(47)45(31)22-38)42-36(49)52-21-24-10-11-24/h6,8,12-13,18,24-25,30-31H,3-5,7,9-11,14-17,19-22H2,1-2H3,(H,42,49)(H,43,46)(H,44,48)/b8-6-/t25-,30+,31+,38-,39-/m1/s1. The highest BCUT2D eigenvalue weighted by molar-refractivity contribution is 7.91. The summed E-state index contributed by atoms with van der Waals surface area (Å²) in [6.45, 7) is 3.81. The van der Waals surface area contributed by atoms with E-state index >= 15 is 0 Å². The van der Waals surface area contributed by atoms with E-state index < -0.39 is 67.7 Å². The van der Waals surface area contributed by atoms with Gasteiger partial charge < -0.3 is 25.0 Å². The molecule has 6 aliphatic rings. The number of aromatic nitrogens is 1. The van der Waals surface area contributed by atoms with E-state index in [0.717, 1.165) is 42.1 Å². The van der Waals surface area contributed by atoms with Crippen LogP contribution in [-0.4, -0.2) is 83.2 Å². The molecule has 54 heavy (non-hydrogen) atoms. The first-order chi connectivity index (χ1) is 25.7. The Labute approximate surface area is 320 Å². The van der Waals surface area contributed by atoms with Crippen LogP contribution in [0, 0.1) is 18.8 Å². The summed E-state index contributed by atoms with van der Waals surface area (Å²) >= 11 is 6.38. The number of ether oxygens (including phenoxy) is 2. The number of carbonyl (C=O) groups is 4. The van der Waals surface area contributed by atoms with Crippen LogP contribution in [-0.2, 0) is 35.6 Å². The van der Waals surface area contributed by atoms with Gasteiger partial charge in [0.1, 0.15) is 29.0 Å². The Hall–Kier alpha value is -3.91. The summed E-state index contributed by atoms with van der Waals surface area (Å²) in [6.07, 6.45) is 10.8. The molecular weight excluding hydrogens is 734 g/mol. The van der Waals surface area contributed by atoms with Crippen molar-refractivity contribution in [2.24, 2.45) is 11.8 Å². The van der Waals surface area contributed by atoms with Crippen molar-refractivity contribution in [3.05, 3.63) is 46.6 Å². The molecule has 1 saturated heterocycles. The molecule has 290 valence electrons. The number of halogens is 1. The number of allylic oxidation sites excluding steroid dienone is 1. The first kappa shape index (κ1) is 37.0. The van der Waals surface area contributed by atoms with E-state index in [1.165, 1.54) is 4.90 Å². The molecular formula is C39H48ClN5O8S. The van der Waals surface area contributed by atoms with Crippen LogP contribution >= 0.6 is 11.6 Å². The van der Waals surface area contributed by atoms with Crippen molar-refractivity contribution in [2.45, 2.75) is 125 Å². The van der Waals surface area contributed by atoms with Crippen LogP contribution in [0.15, 0.2) is 30.4 Å². The summed E-state index contributed by atoms with van der Waals surface area (Å²) in [7, 11) is -3.98. The van der Waals surface area contributed by atoms with Gasteiger partial charge in [0, 0.05) is 28.3 Å². The monoisotopic (exact) mass is 781 g/mol. The number of pyridine rings is 1. The van der Waals surface area contributed by atoms with Crippen molar-refractivity contribution >= 4 is 56.3 Å². The maximum atomic E-state index is 14.7. The lowest BCUT2D eigenvalue weighted by atomic mass is 9.87. The predicted octanol–water partition coefficient (Wildman–Crippen LogP) is 4.76. The number of carbonyl (C=O) groups excluding carboxylic acids is 4. The third-order valence-corrected chi connectivity index (χ3v) is 14.8. The van der Waals surface area contributed by atoms with Crippen LogP contribution in [0.5, 0.6) is 5.75 Å². The van der Waals surface area contributed by atoms with Crippen molar-refractivity contribution < 1.29 is 37.1 Å². The minimum absolute atomic E-state index is 0.0565. The van der Waals surface area contributed by atoms with Crippen molar-refractivity contribution in [2.75, 3.05) is 13.2 Å². The van der Waals surface area contributed by atoms with Crippen molar-refractivity contribution in [1.82, 2.24) is 25.2 Å². The van der Waals surface area contributed by atoms with Crippen molar-refractivity contribution in [1.29, 1.82) is 0 Å². The van der Waals surface area contributed by atoms with Gasteiger partial charge in [0.15, 0.2) is 0 Å². The van der Waals surface area contributed by atoms with Crippen molar-refractivity contribution in [3.63, 3.8) is 0 Å². The smallest absolute Gasteiger partial charge is 0.407 e. The van der Waals surface area contributed by atoms with E-state index in [4.69, 9.17) is 26.1 Å². The van der Waals surface area contributed by atoms with E-state index in [9.17, 15) is 27.6 Å². The molecule has 3 N–H and O–H groups in total. The molecule has 8 rings (SSSR count). The number of hydrogen-bond donors (Lipinski definition) is 3. The summed E-state index contributed by atoms with van der Waals surface area (Å²) in [5, 5.41) is 7.21. The summed E-state index contributed by atoms with van der Waals surface area (Å²) in [6, 6.07) is 3.50. The Morgan fingerprint density at radius 2 is 1.91 bits per heavy atom. The molecule has 2 aromatic rings. The van der Waals surface area contributed by atoms with Crippen LogP contribution in [0.2, 0.25) is 5.02 Å². The topological polar surface area (TPSA) is 173 Å². The molecule has 15 heteroatoms. The molecule has 5 atom stereocenters. The van der Waals surface area contributed by atoms with Gasteiger partial charge in [-0.2, -0.15) is 0 Å². The average Bonchev–Trinajstić information content (AvgIpc) is 4.07. The molecule has 1 aromatic heterocycles. The number of amides is 4. The molecule has 4 fully saturated rings. The first-order valence-electron chi connectivity index (χ1n) is 19.3. The lowest BCUT2D eigenvalue weighted by Crippen LogP contribution is -2.58. The lowest BCUT2D eigenvalue weighted by molar-refractivity contribution is -0.141. The molecule has 3 aliphatic heterocycles. The first-order valence-corrected chi connectivity index (χ1v) is 21.1. The van der Waals surface area contributed by atoms with Gasteiger partial charge in [-0.1, -0.05) is 36.6 Å². The molecule has 0 unspecified atom stereocenters. The number of hydrogen-bond acceptors (Lipinski definition) is 9. The second-order valence-electron chi connectivity index (χ2n) is 16.6. The Morgan fingerprint density at radius 1 is 1.11 bits per heavy atom. The summed E-state index contributed by atoms with van der Waals surface area (Å²) in [5.74, 6) is -1.29. The summed E-state index contributed by atoms with van der Waals surface area (Å²) in [5.41, 5.74) is -0.0581. The number of alkyl carbamates (subject to hydrolysis) is 1. The van der Waals surface area contributed by atoms with Crippen LogP contribution in [0.1, 0.15) is 95.2 Å². The number of fused-ring (bicyclic) bond motifs is 5. The van der Waals surface area contributed by atoms with Crippen LogP contribution in [0.25, 0.3) is 10.9 Å². The van der Waals surface area contributed by atoms with Gasteiger partial charge >= 0.3 is 6.09 Å². The van der Waals surface area contributed by atoms with Gasteiger partial charge in [0.2, 0.25) is 21.8 Å². The molecule has 4 amide bonds. The van der Waals surface area contributed by atoms with Gasteiger partial charge in [0.05, 0.1) is 29.1 Å². The minimum Gasteiger partial charge on any atom is -0.483 e. The lowest BCUT2D eigenvalue weighted by Gasteiger charge is -2.36. The Kier molecular flexibility index (Phi) is 9.38. The maximum absolute atomic E-state index is 14.7. The molecule has 0 bridgehead atoms. The van der Waals surface area contributed by atoms with Crippen LogP contribution in [0.3, 0.4) is 0 Å². The van der Waals surface area contributed by atoms with Gasteiger partial charge in [-0.25, -0.2) is 18.2 Å². The fourth-order valence-corrected chi connectivity index (χ4v) is 9.81. The van der Waals surface area contributed by atoms with E-state index in [1.54, 1.807) is 13.0 Å². The molecule has 13 nitrogen and oxygen atoms in total. The van der Waals surface area contributed by atoms with E-state index in [2.05, 4.69) is 15.4 Å². The van der Waals surface area contributed by atoms with Gasteiger partial charge in [-0.05, 0) is 102 Å². The third-order valence-electron chi connectivity index (χ3n) is 12.4. The number of rotatable bonds is 6. The van der Waals surface area contributed by atoms with E-state index in [-0.39, 0.29) is 26.0 Å². The quantitative estimate of drug-likeness (QED) is 0.350. The van der Waals surface area contributed by atoms with Crippen LogP contribution in [0.4, 0.5) is 4.79 Å². The molecule has 1 aromatic carbocycles. The predicted molar refractivity (Wildman–Crippen MR) is 200 cm³/mol. The molecule has 3 saturated carbocycles. The average molecular weight is 782 g/mol. The number of sulfonamides is 1. The fourth-order valence-electron chi connectivity index (χ4n) is 8.33. The third kappa shape index (κ3) is 7.04. The summed E-state index contributed by atoms with van der Waals surface area (Å²) < 4.78 is 40.0. The largest absolute Gasteiger partial charge is 0.483 e. The molecule has 0 radical (unpaired) electrons. The van der Waals surface area contributed by atoms with E-state index in [1.807, 2.05) is 31.2 Å². The van der Waals surface area contributed by atoms with Crippen LogP contribution < -0.4 is 20.1 Å². The van der Waals surface area contributed by atoms with Gasteiger partial charge in [-0.15, -0.1) is 0 Å². The number of nitrogens with zero attached hydrogens (tertiary/aromatic N) is 2. The number of nitrogens with one attached hydrogen (secondary N) is 3. The zero-order valence-electron chi connectivity index (χ0n) is 30.7. The van der Waals surface area contributed by atoms with Gasteiger partial charge in [0.25, 0.3) is 5.91 Å². The second kappa shape index (κ2) is 13.7. The van der Waals surface area contributed by atoms with Gasteiger partial charge in [-0.3, -0.25) is 19.1 Å². The highest BCUT2D eigenvalue weighted by Crippen LogP contribution is 2.49. The molecule has 3 aliphatic carbocycles. The maximum Gasteiger partial charge on any atom is 0.407 e. The fraction of sp³-hybridized carbons (Fsp3) is 0.615. The second-order valence-corrected chi connectivity index (χ2v) is 19.2. The zero-order chi connectivity index (χ0) is 38.0. The zero-order valence-corrected chi connectivity index (χ0v) is 32.3.